The molecule has 0 aliphatic rings. The van der Waals surface area contributed by atoms with Gasteiger partial charge in [0.15, 0.2) is 5.65 Å². The first-order chi connectivity index (χ1) is 16.1. The van der Waals surface area contributed by atoms with Crippen molar-refractivity contribution in [1.82, 2.24) is 14.6 Å². The molecule has 0 spiro atoms. The van der Waals surface area contributed by atoms with Crippen LogP contribution in [0.25, 0.3) is 28.2 Å². The Bertz CT molecular complexity index is 1430. The van der Waals surface area contributed by atoms with Crippen molar-refractivity contribution in [3.05, 3.63) is 103 Å². The fourth-order valence-corrected chi connectivity index (χ4v) is 3.58. The number of nitrogens with one attached hydrogen (secondary N) is 1. The molecule has 1 amide bonds. The zero-order chi connectivity index (χ0) is 22.8. The zero-order valence-corrected chi connectivity index (χ0v) is 17.7. The van der Waals surface area contributed by atoms with E-state index in [0.717, 1.165) is 22.6 Å². The fraction of sp³-hybridized carbons (Fsp3) is 0.0385. The second-order valence-electron chi connectivity index (χ2n) is 7.38. The van der Waals surface area contributed by atoms with Crippen LogP contribution in [0.1, 0.15) is 10.4 Å². The molecule has 1 N–H and O–H groups in total. The van der Waals surface area contributed by atoms with Gasteiger partial charge in [0.2, 0.25) is 0 Å². The van der Waals surface area contributed by atoms with E-state index in [9.17, 15) is 9.18 Å². The third-order valence-corrected chi connectivity index (χ3v) is 5.27. The number of fused-ring (bicyclic) bond motifs is 1. The summed E-state index contributed by atoms with van der Waals surface area (Å²) in [6.45, 7) is 0. The van der Waals surface area contributed by atoms with E-state index in [1.165, 1.54) is 30.5 Å². The number of halogens is 1. The SMILES string of the molecule is COc1ccc(-c2cc(-c3ccccc3)nc3c(C(=O)Nc4ccc(F)cc4)cnn23)cc1. The smallest absolute Gasteiger partial charge is 0.261 e. The average molecular weight is 438 g/mol. The summed E-state index contributed by atoms with van der Waals surface area (Å²) in [5.41, 5.74) is 4.52. The van der Waals surface area contributed by atoms with E-state index in [1.807, 2.05) is 60.7 Å². The lowest BCUT2D eigenvalue weighted by Crippen LogP contribution is -2.12. The van der Waals surface area contributed by atoms with Gasteiger partial charge in [-0.3, -0.25) is 4.79 Å². The number of amides is 1. The van der Waals surface area contributed by atoms with E-state index in [1.54, 1.807) is 11.6 Å². The van der Waals surface area contributed by atoms with Crippen molar-refractivity contribution < 1.29 is 13.9 Å². The summed E-state index contributed by atoms with van der Waals surface area (Å²) in [4.78, 5) is 17.8. The van der Waals surface area contributed by atoms with Gasteiger partial charge in [-0.15, -0.1) is 0 Å². The van der Waals surface area contributed by atoms with Crippen LogP contribution < -0.4 is 10.1 Å². The molecule has 0 fully saturated rings. The van der Waals surface area contributed by atoms with Crippen LogP contribution in [0.3, 0.4) is 0 Å². The molecule has 33 heavy (non-hydrogen) atoms. The molecule has 0 aliphatic heterocycles. The van der Waals surface area contributed by atoms with Gasteiger partial charge in [-0.25, -0.2) is 13.9 Å². The lowest BCUT2D eigenvalue weighted by atomic mass is 10.1. The van der Waals surface area contributed by atoms with Gasteiger partial charge in [-0.05, 0) is 54.6 Å². The summed E-state index contributed by atoms with van der Waals surface area (Å²) < 4.78 is 20.1. The van der Waals surface area contributed by atoms with Gasteiger partial charge in [-0.2, -0.15) is 5.10 Å². The Morgan fingerprint density at radius 3 is 2.36 bits per heavy atom. The molecular formula is C26H19FN4O2. The second-order valence-corrected chi connectivity index (χ2v) is 7.38. The highest BCUT2D eigenvalue weighted by molar-refractivity contribution is 6.08. The molecule has 2 heterocycles. The first-order valence-corrected chi connectivity index (χ1v) is 10.3. The molecule has 5 aromatic rings. The van der Waals surface area contributed by atoms with Crippen LogP contribution in [0.15, 0.2) is 91.1 Å². The quantitative estimate of drug-likeness (QED) is 0.395. The van der Waals surface area contributed by atoms with Gasteiger partial charge in [0.1, 0.15) is 17.1 Å². The predicted molar refractivity (Wildman–Crippen MR) is 125 cm³/mol. The Labute approximate surface area is 189 Å². The number of carbonyl (C=O) groups is 1. The molecule has 3 aromatic carbocycles. The Hall–Kier alpha value is -4.52. The molecule has 0 atom stereocenters. The maximum Gasteiger partial charge on any atom is 0.261 e. The lowest BCUT2D eigenvalue weighted by Gasteiger charge is -2.10. The Morgan fingerprint density at radius 2 is 1.67 bits per heavy atom. The Morgan fingerprint density at radius 1 is 0.939 bits per heavy atom. The molecular weight excluding hydrogens is 419 g/mol. The fourth-order valence-electron chi connectivity index (χ4n) is 3.58. The number of ether oxygens (including phenoxy) is 1. The van der Waals surface area contributed by atoms with Crippen molar-refractivity contribution in [2.24, 2.45) is 0 Å². The van der Waals surface area contributed by atoms with Crippen molar-refractivity contribution in [2.75, 3.05) is 12.4 Å². The number of anilines is 1. The summed E-state index contributed by atoms with van der Waals surface area (Å²) in [5, 5.41) is 7.23. The monoisotopic (exact) mass is 438 g/mol. The molecule has 0 saturated heterocycles. The van der Waals surface area contributed by atoms with Crippen LogP contribution in [0.2, 0.25) is 0 Å². The molecule has 162 valence electrons. The molecule has 0 saturated carbocycles. The van der Waals surface area contributed by atoms with Crippen molar-refractivity contribution in [1.29, 1.82) is 0 Å². The normalized spacial score (nSPS) is 10.8. The molecule has 2 aromatic heterocycles. The van der Waals surface area contributed by atoms with Crippen LogP contribution in [-0.4, -0.2) is 27.6 Å². The molecule has 6 nitrogen and oxygen atoms in total. The number of hydrogen-bond donors (Lipinski definition) is 1. The largest absolute Gasteiger partial charge is 0.497 e. The van der Waals surface area contributed by atoms with Crippen molar-refractivity contribution in [3.8, 4) is 28.3 Å². The van der Waals surface area contributed by atoms with Crippen molar-refractivity contribution in [3.63, 3.8) is 0 Å². The van der Waals surface area contributed by atoms with E-state index >= 15 is 0 Å². The van der Waals surface area contributed by atoms with Crippen LogP contribution >= 0.6 is 0 Å². The third kappa shape index (κ3) is 4.04. The summed E-state index contributed by atoms with van der Waals surface area (Å²) in [5.74, 6) is -0.00977. The van der Waals surface area contributed by atoms with Gasteiger partial charge in [0.25, 0.3) is 5.91 Å². The molecule has 0 unspecified atom stereocenters. The van der Waals surface area contributed by atoms with Gasteiger partial charge in [0, 0.05) is 16.8 Å². The van der Waals surface area contributed by atoms with E-state index in [-0.39, 0.29) is 11.7 Å². The molecule has 0 aliphatic carbocycles. The van der Waals surface area contributed by atoms with Crippen molar-refractivity contribution in [2.45, 2.75) is 0 Å². The highest BCUT2D eigenvalue weighted by Gasteiger charge is 2.19. The van der Waals surface area contributed by atoms with Crippen LogP contribution in [0, 0.1) is 5.82 Å². The highest BCUT2D eigenvalue weighted by Crippen LogP contribution is 2.29. The number of rotatable bonds is 5. The molecule has 0 radical (unpaired) electrons. The Kier molecular flexibility index (Phi) is 5.28. The highest BCUT2D eigenvalue weighted by atomic mass is 19.1. The second kappa shape index (κ2) is 8.55. The zero-order valence-electron chi connectivity index (χ0n) is 17.7. The van der Waals surface area contributed by atoms with Crippen LogP contribution in [-0.2, 0) is 0 Å². The summed E-state index contributed by atoms with van der Waals surface area (Å²) in [6, 6.07) is 24.9. The number of nitrogens with zero attached hydrogens (tertiary/aromatic N) is 3. The summed E-state index contributed by atoms with van der Waals surface area (Å²) >= 11 is 0. The van der Waals surface area contributed by atoms with E-state index in [2.05, 4.69) is 10.4 Å². The number of methoxy groups -OCH3 is 1. The van der Waals surface area contributed by atoms with Gasteiger partial charge >= 0.3 is 0 Å². The maximum atomic E-state index is 13.2. The number of hydrogen-bond acceptors (Lipinski definition) is 4. The minimum absolute atomic E-state index is 0.312. The predicted octanol–water partition coefficient (Wildman–Crippen LogP) is 5.46. The first kappa shape index (κ1) is 20.4. The van der Waals surface area contributed by atoms with Gasteiger partial charge in [0.05, 0.1) is 24.7 Å². The summed E-state index contributed by atoms with van der Waals surface area (Å²) in [6.07, 6.45) is 1.49. The number of carbonyl (C=O) groups excluding carboxylic acids is 1. The number of benzene rings is 3. The molecule has 5 rings (SSSR count). The molecule has 7 heteroatoms. The average Bonchev–Trinajstić information content (AvgIpc) is 3.30. The van der Waals surface area contributed by atoms with Crippen LogP contribution in [0.4, 0.5) is 10.1 Å². The number of aromatic nitrogens is 3. The van der Waals surface area contributed by atoms with Gasteiger partial charge < -0.3 is 10.1 Å². The third-order valence-electron chi connectivity index (χ3n) is 5.27. The Balaban J connectivity index is 1.64. The standard InChI is InChI=1S/C26H19FN4O2/c1-33-21-13-7-18(8-14-21)24-15-23(17-5-3-2-4-6-17)30-25-22(16-28-31(24)25)26(32)29-20-11-9-19(27)10-12-20/h2-16H,1H3,(H,29,32). The minimum Gasteiger partial charge on any atom is -0.497 e. The lowest BCUT2D eigenvalue weighted by molar-refractivity contribution is 0.102. The van der Waals surface area contributed by atoms with E-state index < -0.39 is 0 Å². The minimum atomic E-state index is -0.380. The van der Waals surface area contributed by atoms with Gasteiger partial charge in [-0.1, -0.05) is 30.3 Å². The topological polar surface area (TPSA) is 68.5 Å². The first-order valence-electron chi connectivity index (χ1n) is 10.3. The maximum absolute atomic E-state index is 13.2. The van der Waals surface area contributed by atoms with E-state index in [4.69, 9.17) is 9.72 Å². The van der Waals surface area contributed by atoms with E-state index in [0.29, 0.717) is 22.6 Å². The van der Waals surface area contributed by atoms with Crippen molar-refractivity contribution >= 4 is 17.2 Å². The van der Waals surface area contributed by atoms with Crippen LogP contribution in [0.5, 0.6) is 5.75 Å². The molecule has 0 bridgehead atoms. The summed E-state index contributed by atoms with van der Waals surface area (Å²) in [7, 11) is 1.62.